The number of nitrogens with zero attached hydrogens (tertiary/aromatic N) is 1. The number of anilines is 1. The van der Waals surface area contributed by atoms with Crippen molar-refractivity contribution in [3.8, 4) is 0 Å². The van der Waals surface area contributed by atoms with Crippen LogP contribution in [0.15, 0.2) is 18.2 Å². The Bertz CT molecular complexity index is 453. The first kappa shape index (κ1) is 16.5. The standard InChI is InChI=1S/C16H26N2O2/c1-6-7-17-16(4,15(19)20)11-18(5)14-9-12(2)8-13(3)10-14/h8-10,17H,6-7,11H2,1-5H3,(H,19,20). The number of hydrogen-bond donors (Lipinski definition) is 2. The van der Waals surface area contributed by atoms with Gasteiger partial charge in [0, 0.05) is 19.3 Å². The smallest absolute Gasteiger partial charge is 0.325 e. The van der Waals surface area contributed by atoms with E-state index in [9.17, 15) is 9.90 Å². The summed E-state index contributed by atoms with van der Waals surface area (Å²) < 4.78 is 0. The molecule has 0 spiro atoms. The molecule has 0 fully saturated rings. The molecule has 1 unspecified atom stereocenters. The van der Waals surface area contributed by atoms with Crippen molar-refractivity contribution < 1.29 is 9.90 Å². The number of benzene rings is 1. The van der Waals surface area contributed by atoms with E-state index >= 15 is 0 Å². The Kier molecular flexibility index (Phi) is 5.57. The zero-order valence-electron chi connectivity index (χ0n) is 13.2. The highest BCUT2D eigenvalue weighted by Gasteiger charge is 2.33. The normalized spacial score (nSPS) is 13.8. The van der Waals surface area contributed by atoms with E-state index in [1.165, 1.54) is 11.1 Å². The number of likely N-dealkylation sites (N-methyl/N-ethyl adjacent to an activating group) is 1. The van der Waals surface area contributed by atoms with Gasteiger partial charge in [-0.15, -0.1) is 0 Å². The average Bonchev–Trinajstić information content (AvgIpc) is 2.35. The molecular formula is C16H26N2O2. The van der Waals surface area contributed by atoms with Gasteiger partial charge < -0.3 is 15.3 Å². The third kappa shape index (κ3) is 4.23. The zero-order chi connectivity index (χ0) is 15.3. The van der Waals surface area contributed by atoms with Crippen molar-refractivity contribution >= 4 is 11.7 Å². The first-order chi connectivity index (χ1) is 9.28. The maximum atomic E-state index is 11.5. The second kappa shape index (κ2) is 6.75. The molecule has 0 heterocycles. The molecule has 0 saturated carbocycles. The largest absolute Gasteiger partial charge is 0.480 e. The maximum Gasteiger partial charge on any atom is 0.325 e. The van der Waals surface area contributed by atoms with Gasteiger partial charge >= 0.3 is 5.97 Å². The number of aryl methyl sites for hydroxylation is 2. The molecule has 0 amide bonds. The summed E-state index contributed by atoms with van der Waals surface area (Å²) in [5.41, 5.74) is 2.48. The fourth-order valence-electron chi connectivity index (χ4n) is 2.34. The van der Waals surface area contributed by atoms with Crippen LogP contribution in [-0.4, -0.2) is 36.8 Å². The fourth-order valence-corrected chi connectivity index (χ4v) is 2.34. The minimum atomic E-state index is -0.942. The number of nitrogens with one attached hydrogen (secondary N) is 1. The van der Waals surface area contributed by atoms with Crippen molar-refractivity contribution in [2.75, 3.05) is 25.0 Å². The maximum absolute atomic E-state index is 11.5. The lowest BCUT2D eigenvalue weighted by Gasteiger charge is -2.32. The van der Waals surface area contributed by atoms with Gasteiger partial charge in [0.05, 0.1) is 0 Å². The Morgan fingerprint density at radius 3 is 2.30 bits per heavy atom. The summed E-state index contributed by atoms with van der Waals surface area (Å²) in [6.07, 6.45) is 0.913. The summed E-state index contributed by atoms with van der Waals surface area (Å²) in [6.45, 7) is 8.99. The molecule has 2 N–H and O–H groups in total. The van der Waals surface area contributed by atoms with Crippen LogP contribution >= 0.6 is 0 Å². The lowest BCUT2D eigenvalue weighted by atomic mass is 10.0. The molecule has 1 rings (SSSR count). The Hall–Kier alpha value is -1.55. The van der Waals surface area contributed by atoms with E-state index in [1.807, 2.05) is 18.9 Å². The number of carbonyl (C=O) groups is 1. The number of carboxylic acid groups (broad SMARTS) is 1. The van der Waals surface area contributed by atoms with Crippen molar-refractivity contribution in [1.29, 1.82) is 0 Å². The second-order valence-electron chi connectivity index (χ2n) is 5.77. The molecule has 0 radical (unpaired) electrons. The summed E-state index contributed by atoms with van der Waals surface area (Å²) in [6, 6.07) is 6.27. The Morgan fingerprint density at radius 1 is 1.30 bits per heavy atom. The van der Waals surface area contributed by atoms with E-state index < -0.39 is 11.5 Å². The summed E-state index contributed by atoms with van der Waals surface area (Å²) in [4.78, 5) is 13.5. The molecular weight excluding hydrogens is 252 g/mol. The summed E-state index contributed by atoms with van der Waals surface area (Å²) in [5.74, 6) is -0.817. The molecule has 4 heteroatoms. The Balaban J connectivity index is 2.90. The predicted molar refractivity (Wildman–Crippen MR) is 83.5 cm³/mol. The third-order valence-corrected chi connectivity index (χ3v) is 3.44. The van der Waals surface area contributed by atoms with Gasteiger partial charge in [-0.2, -0.15) is 0 Å². The van der Waals surface area contributed by atoms with Crippen LogP contribution < -0.4 is 10.2 Å². The highest BCUT2D eigenvalue weighted by atomic mass is 16.4. The number of rotatable bonds is 7. The molecule has 0 bridgehead atoms. The molecule has 0 aliphatic carbocycles. The van der Waals surface area contributed by atoms with E-state index in [2.05, 4.69) is 37.4 Å². The van der Waals surface area contributed by atoms with Crippen LogP contribution in [0.3, 0.4) is 0 Å². The Labute approximate surface area is 121 Å². The van der Waals surface area contributed by atoms with Gasteiger partial charge in [0.1, 0.15) is 5.54 Å². The topological polar surface area (TPSA) is 52.6 Å². The first-order valence-corrected chi connectivity index (χ1v) is 7.06. The predicted octanol–water partition coefficient (Wildman–Crippen LogP) is 2.58. The Morgan fingerprint density at radius 2 is 1.85 bits per heavy atom. The minimum Gasteiger partial charge on any atom is -0.480 e. The van der Waals surface area contributed by atoms with Crippen LogP contribution in [0.2, 0.25) is 0 Å². The van der Waals surface area contributed by atoms with Gasteiger partial charge in [0.2, 0.25) is 0 Å². The van der Waals surface area contributed by atoms with Crippen LogP contribution in [0.1, 0.15) is 31.4 Å². The van der Waals surface area contributed by atoms with Gasteiger partial charge in [-0.1, -0.05) is 13.0 Å². The molecule has 0 saturated heterocycles. The minimum absolute atomic E-state index is 0.422. The zero-order valence-corrected chi connectivity index (χ0v) is 13.2. The van der Waals surface area contributed by atoms with Crippen LogP contribution in [-0.2, 0) is 4.79 Å². The van der Waals surface area contributed by atoms with Gasteiger partial charge in [-0.05, 0) is 57.0 Å². The van der Waals surface area contributed by atoms with Gasteiger partial charge in [-0.3, -0.25) is 4.79 Å². The fraction of sp³-hybridized carbons (Fsp3) is 0.562. The van der Waals surface area contributed by atoms with Crippen molar-refractivity contribution in [3.63, 3.8) is 0 Å². The quantitative estimate of drug-likeness (QED) is 0.805. The average molecular weight is 278 g/mol. The van der Waals surface area contributed by atoms with E-state index in [1.54, 1.807) is 6.92 Å². The molecule has 0 aliphatic rings. The molecule has 20 heavy (non-hydrogen) atoms. The van der Waals surface area contributed by atoms with Gasteiger partial charge in [0.15, 0.2) is 0 Å². The van der Waals surface area contributed by atoms with Crippen LogP contribution in [0, 0.1) is 13.8 Å². The third-order valence-electron chi connectivity index (χ3n) is 3.44. The number of carboxylic acids is 1. The van der Waals surface area contributed by atoms with E-state index in [0.29, 0.717) is 13.1 Å². The molecule has 112 valence electrons. The first-order valence-electron chi connectivity index (χ1n) is 7.06. The lowest BCUT2D eigenvalue weighted by Crippen LogP contribution is -2.56. The van der Waals surface area contributed by atoms with E-state index in [4.69, 9.17) is 0 Å². The van der Waals surface area contributed by atoms with E-state index in [-0.39, 0.29) is 0 Å². The lowest BCUT2D eigenvalue weighted by molar-refractivity contribution is -0.143. The van der Waals surface area contributed by atoms with Crippen LogP contribution in [0.5, 0.6) is 0 Å². The second-order valence-corrected chi connectivity index (χ2v) is 5.77. The molecule has 1 aromatic rings. The van der Waals surface area contributed by atoms with Crippen molar-refractivity contribution in [3.05, 3.63) is 29.3 Å². The summed E-state index contributed by atoms with van der Waals surface area (Å²) in [7, 11) is 1.93. The van der Waals surface area contributed by atoms with Crippen LogP contribution in [0.25, 0.3) is 0 Å². The van der Waals surface area contributed by atoms with Crippen molar-refractivity contribution in [2.24, 2.45) is 0 Å². The van der Waals surface area contributed by atoms with E-state index in [0.717, 1.165) is 12.1 Å². The molecule has 4 nitrogen and oxygen atoms in total. The molecule has 1 atom stereocenters. The SMILES string of the molecule is CCCNC(C)(CN(C)c1cc(C)cc(C)c1)C(=O)O. The van der Waals surface area contributed by atoms with Crippen LogP contribution in [0.4, 0.5) is 5.69 Å². The van der Waals surface area contributed by atoms with Crippen molar-refractivity contribution in [1.82, 2.24) is 5.32 Å². The van der Waals surface area contributed by atoms with Gasteiger partial charge in [-0.25, -0.2) is 0 Å². The summed E-state index contributed by atoms with van der Waals surface area (Å²) >= 11 is 0. The van der Waals surface area contributed by atoms with Gasteiger partial charge in [0.25, 0.3) is 0 Å². The van der Waals surface area contributed by atoms with Crippen molar-refractivity contribution in [2.45, 2.75) is 39.7 Å². The molecule has 1 aromatic carbocycles. The molecule has 0 aliphatic heterocycles. The molecule has 0 aromatic heterocycles. The highest BCUT2D eigenvalue weighted by molar-refractivity contribution is 5.79. The summed E-state index contributed by atoms with van der Waals surface area (Å²) in [5, 5.41) is 12.6. The monoisotopic (exact) mass is 278 g/mol. The highest BCUT2D eigenvalue weighted by Crippen LogP contribution is 2.19. The number of aliphatic carboxylic acids is 1. The number of hydrogen-bond acceptors (Lipinski definition) is 3.